The summed E-state index contributed by atoms with van der Waals surface area (Å²) in [6, 6.07) is 9.68. The van der Waals surface area contributed by atoms with Crippen LogP contribution in [-0.4, -0.2) is 46.7 Å². The lowest BCUT2D eigenvalue weighted by atomic mass is 10.1. The van der Waals surface area contributed by atoms with Crippen molar-refractivity contribution in [2.75, 3.05) is 13.2 Å². The molecule has 38 heavy (non-hydrogen) atoms. The Morgan fingerprint density at radius 1 is 1.03 bits per heavy atom. The van der Waals surface area contributed by atoms with Crippen LogP contribution < -0.4 is 10.4 Å². The second kappa shape index (κ2) is 11.0. The number of hydrogen-bond donors (Lipinski definition) is 0. The van der Waals surface area contributed by atoms with E-state index in [1.54, 1.807) is 6.92 Å². The number of ether oxygens (including phenoxy) is 2. The highest BCUT2D eigenvalue weighted by Crippen LogP contribution is 2.31. The van der Waals surface area contributed by atoms with E-state index < -0.39 is 40.0 Å². The standard InChI is InChI=1S/C26H22N2O10/c1-2-36-25(32)18-13-15-10-11-16(14-20(15)38-26(18)33)37-21(29)9-4-3-5-12-27-23(30)17-7-6-8-19(28(34)35)22(17)24(27)31/h6-8,10-11,13-14H,2-5,9,12H2,1H3. The molecule has 12 nitrogen and oxygen atoms in total. The second-order valence-corrected chi connectivity index (χ2v) is 8.37. The largest absolute Gasteiger partial charge is 0.462 e. The van der Waals surface area contributed by atoms with Crippen molar-refractivity contribution in [2.24, 2.45) is 0 Å². The van der Waals surface area contributed by atoms with Gasteiger partial charge in [0.2, 0.25) is 0 Å². The molecule has 2 amide bonds. The Bertz CT molecular complexity index is 1520. The van der Waals surface area contributed by atoms with Crippen molar-refractivity contribution < 1.29 is 38.0 Å². The first-order chi connectivity index (χ1) is 18.2. The van der Waals surface area contributed by atoms with Gasteiger partial charge in [0, 0.05) is 30.5 Å². The number of esters is 2. The molecule has 0 unspecified atom stereocenters. The highest BCUT2D eigenvalue weighted by molar-refractivity contribution is 6.23. The molecule has 2 aromatic carbocycles. The zero-order chi connectivity index (χ0) is 27.4. The van der Waals surface area contributed by atoms with Crippen LogP contribution in [0.5, 0.6) is 5.75 Å². The molecule has 1 aliphatic rings. The van der Waals surface area contributed by atoms with Crippen LogP contribution in [0, 0.1) is 10.1 Å². The van der Waals surface area contributed by atoms with Crippen LogP contribution in [0.3, 0.4) is 0 Å². The summed E-state index contributed by atoms with van der Waals surface area (Å²) < 4.78 is 15.3. The first-order valence-corrected chi connectivity index (χ1v) is 11.8. The van der Waals surface area contributed by atoms with Gasteiger partial charge in [-0.05, 0) is 44.0 Å². The molecule has 196 valence electrons. The summed E-state index contributed by atoms with van der Waals surface area (Å²) in [7, 11) is 0. The Balaban J connectivity index is 1.27. The van der Waals surface area contributed by atoms with Crippen LogP contribution >= 0.6 is 0 Å². The first kappa shape index (κ1) is 26.2. The highest BCUT2D eigenvalue weighted by atomic mass is 16.6. The van der Waals surface area contributed by atoms with Gasteiger partial charge >= 0.3 is 17.6 Å². The van der Waals surface area contributed by atoms with E-state index in [0.29, 0.717) is 24.6 Å². The number of hydrogen-bond acceptors (Lipinski definition) is 10. The molecule has 0 aliphatic carbocycles. The third-order valence-corrected chi connectivity index (χ3v) is 5.87. The van der Waals surface area contributed by atoms with Gasteiger partial charge in [-0.2, -0.15) is 0 Å². The summed E-state index contributed by atoms with van der Waals surface area (Å²) in [5.41, 5.74) is -1.56. The molecule has 3 aromatic rings. The summed E-state index contributed by atoms with van der Waals surface area (Å²) >= 11 is 0. The van der Waals surface area contributed by atoms with Crippen molar-refractivity contribution in [3.63, 3.8) is 0 Å². The summed E-state index contributed by atoms with van der Waals surface area (Å²) in [6.07, 6.45) is 1.36. The number of carbonyl (C=O) groups is 4. The molecule has 0 radical (unpaired) electrons. The van der Waals surface area contributed by atoms with Gasteiger partial charge in [0.1, 0.15) is 22.5 Å². The molecule has 4 rings (SSSR count). The number of nitro groups is 1. The smallest absolute Gasteiger partial charge is 0.351 e. The van der Waals surface area contributed by atoms with E-state index in [9.17, 15) is 34.1 Å². The average Bonchev–Trinajstić information content (AvgIpc) is 3.12. The van der Waals surface area contributed by atoms with E-state index in [-0.39, 0.29) is 47.6 Å². The van der Waals surface area contributed by atoms with Crippen LogP contribution in [0.25, 0.3) is 11.0 Å². The Labute approximate surface area is 214 Å². The van der Waals surface area contributed by atoms with Crippen molar-refractivity contribution in [2.45, 2.75) is 32.6 Å². The summed E-state index contributed by atoms with van der Waals surface area (Å²) in [6.45, 7) is 1.79. The fourth-order valence-electron chi connectivity index (χ4n) is 4.08. The maximum atomic E-state index is 12.6. The lowest BCUT2D eigenvalue weighted by Crippen LogP contribution is -2.30. The summed E-state index contributed by atoms with van der Waals surface area (Å²) in [4.78, 5) is 72.8. The Kier molecular flexibility index (Phi) is 7.61. The van der Waals surface area contributed by atoms with Crippen molar-refractivity contribution >= 4 is 40.4 Å². The maximum Gasteiger partial charge on any atom is 0.351 e. The van der Waals surface area contributed by atoms with Crippen LogP contribution in [0.4, 0.5) is 5.69 Å². The molecule has 0 saturated carbocycles. The van der Waals surface area contributed by atoms with Gasteiger partial charge in [0.15, 0.2) is 0 Å². The van der Waals surface area contributed by atoms with E-state index in [1.165, 1.54) is 42.5 Å². The minimum Gasteiger partial charge on any atom is -0.462 e. The molecule has 1 aliphatic heterocycles. The molecule has 2 heterocycles. The van der Waals surface area contributed by atoms with Gasteiger partial charge in [-0.25, -0.2) is 9.59 Å². The lowest BCUT2D eigenvalue weighted by Gasteiger charge is -2.13. The topological polar surface area (TPSA) is 163 Å². The monoisotopic (exact) mass is 522 g/mol. The van der Waals surface area contributed by atoms with E-state index in [1.807, 2.05) is 0 Å². The first-order valence-electron chi connectivity index (χ1n) is 11.8. The minimum atomic E-state index is -0.868. The highest BCUT2D eigenvalue weighted by Gasteiger charge is 2.40. The number of rotatable bonds is 10. The lowest BCUT2D eigenvalue weighted by molar-refractivity contribution is -0.385. The van der Waals surface area contributed by atoms with Crippen molar-refractivity contribution in [1.29, 1.82) is 0 Å². The number of nitro benzene ring substituents is 1. The Morgan fingerprint density at radius 2 is 1.82 bits per heavy atom. The van der Waals surface area contributed by atoms with Crippen molar-refractivity contribution in [1.82, 2.24) is 4.90 Å². The Hall–Kier alpha value is -4.87. The summed E-state index contributed by atoms with van der Waals surface area (Å²) in [5, 5.41) is 11.6. The molecular formula is C26H22N2O10. The molecule has 0 spiro atoms. The minimum absolute atomic E-state index is 0.0103. The number of unbranched alkanes of at least 4 members (excludes halogenated alkanes) is 2. The van der Waals surface area contributed by atoms with Crippen LogP contribution in [0.15, 0.2) is 51.7 Å². The average molecular weight is 522 g/mol. The molecular weight excluding hydrogens is 500 g/mol. The van der Waals surface area contributed by atoms with Crippen molar-refractivity contribution in [3.8, 4) is 5.75 Å². The maximum absolute atomic E-state index is 12.6. The van der Waals surface area contributed by atoms with Gasteiger partial charge in [0.25, 0.3) is 17.5 Å². The number of imide groups is 1. The van der Waals surface area contributed by atoms with Gasteiger partial charge in [-0.3, -0.25) is 29.4 Å². The van der Waals surface area contributed by atoms with Gasteiger partial charge < -0.3 is 13.9 Å². The quantitative estimate of drug-likeness (QED) is 0.0730. The van der Waals surface area contributed by atoms with Crippen LogP contribution in [0.2, 0.25) is 0 Å². The number of carbonyl (C=O) groups excluding carboxylic acids is 4. The number of amides is 2. The van der Waals surface area contributed by atoms with E-state index in [4.69, 9.17) is 13.9 Å². The van der Waals surface area contributed by atoms with Crippen LogP contribution in [-0.2, 0) is 9.53 Å². The van der Waals surface area contributed by atoms with E-state index in [2.05, 4.69) is 0 Å². The molecule has 0 saturated heterocycles. The molecule has 0 N–H and O–H groups in total. The third kappa shape index (κ3) is 5.28. The molecule has 0 bridgehead atoms. The van der Waals surface area contributed by atoms with Gasteiger partial charge in [-0.15, -0.1) is 0 Å². The fourth-order valence-corrected chi connectivity index (χ4v) is 4.08. The van der Waals surface area contributed by atoms with Gasteiger partial charge in [0.05, 0.1) is 17.1 Å². The molecule has 0 fully saturated rings. The molecule has 12 heteroatoms. The predicted molar refractivity (Wildman–Crippen MR) is 131 cm³/mol. The normalized spacial score (nSPS) is 12.5. The van der Waals surface area contributed by atoms with E-state index in [0.717, 1.165) is 4.90 Å². The number of benzene rings is 2. The van der Waals surface area contributed by atoms with Gasteiger partial charge in [-0.1, -0.05) is 12.5 Å². The fraction of sp³-hybridized carbons (Fsp3) is 0.269. The van der Waals surface area contributed by atoms with E-state index >= 15 is 0 Å². The summed E-state index contributed by atoms with van der Waals surface area (Å²) in [5.74, 6) is -2.45. The Morgan fingerprint density at radius 3 is 2.55 bits per heavy atom. The number of nitrogens with zero attached hydrogens (tertiary/aromatic N) is 2. The zero-order valence-corrected chi connectivity index (χ0v) is 20.3. The third-order valence-electron chi connectivity index (χ3n) is 5.87. The predicted octanol–water partition coefficient (Wildman–Crippen LogP) is 3.64. The zero-order valence-electron chi connectivity index (χ0n) is 20.3. The molecule has 0 atom stereocenters. The van der Waals surface area contributed by atoms with Crippen LogP contribution in [0.1, 0.15) is 63.7 Å². The SMILES string of the molecule is CCOC(=O)c1cc2ccc(OC(=O)CCCCCN3C(=O)c4cccc([N+](=O)[O-])c4C3=O)cc2oc1=O. The molecule has 1 aromatic heterocycles. The van der Waals surface area contributed by atoms with Crippen molar-refractivity contribution in [3.05, 3.63) is 79.7 Å². The number of fused-ring (bicyclic) bond motifs is 2. The second-order valence-electron chi connectivity index (χ2n) is 8.37.